The summed E-state index contributed by atoms with van der Waals surface area (Å²) in [6, 6.07) is 20.1. The lowest BCUT2D eigenvalue weighted by Gasteiger charge is -2.27. The third-order valence-corrected chi connectivity index (χ3v) is 10.2. The number of aromatic nitrogens is 2. The highest BCUT2D eigenvalue weighted by Gasteiger charge is 2.46. The zero-order valence-electron chi connectivity index (χ0n) is 35.5. The van der Waals surface area contributed by atoms with Crippen LogP contribution in [0.25, 0.3) is 11.3 Å². The van der Waals surface area contributed by atoms with Crippen LogP contribution in [0, 0.1) is 6.92 Å². The Balaban J connectivity index is 0.744. The Morgan fingerprint density at radius 2 is 1.53 bits per heavy atom. The number of carbonyl (C=O) groups is 7. The monoisotopic (exact) mass is 877 g/mol. The summed E-state index contributed by atoms with van der Waals surface area (Å²) in [5.41, 5.74) is 3.89. The smallest absolute Gasteiger partial charge is 0.266 e. The van der Waals surface area contributed by atoms with Crippen LogP contribution in [0.5, 0.6) is 5.75 Å². The molecule has 0 saturated carbocycles. The van der Waals surface area contributed by atoms with E-state index in [-0.39, 0.29) is 66.9 Å². The third kappa shape index (κ3) is 13.3. The van der Waals surface area contributed by atoms with E-state index in [9.17, 15) is 33.6 Å². The largest absolute Gasteiger partial charge is 0.485 e. The standard InChI is InChI=1S/C46H51N7O11/c1-30-12-14-33(15-13-30)51-39-26-36(49-29-50-39)31-7-4-8-32(25-31)43(57)48-27-41(56)47-18-6-20-62-22-24-63-23-21-61-19-3-2-9-34(54)28-64-38-11-5-10-35-42(38)46(60)53(45(35)59)37-16-17-40(55)52-44(37)58/h4-5,7-8,10-15,25-26,29,37H,2-3,6,9,16-24,27-28H2,1H3,(H,47,56)(H,48,57)(H,49,50,51)(H,52,55,58). The van der Waals surface area contributed by atoms with Gasteiger partial charge < -0.3 is 34.9 Å². The van der Waals surface area contributed by atoms with E-state index in [2.05, 4.69) is 31.2 Å². The molecule has 0 spiro atoms. The van der Waals surface area contributed by atoms with Crippen molar-refractivity contribution >= 4 is 52.7 Å². The number of hydrogen-bond donors (Lipinski definition) is 4. The molecule has 1 atom stereocenters. The fraction of sp³-hybridized carbons (Fsp3) is 0.370. The van der Waals surface area contributed by atoms with Crippen LogP contribution in [-0.4, -0.2) is 121 Å². The van der Waals surface area contributed by atoms with E-state index in [1.165, 1.54) is 24.5 Å². The lowest BCUT2D eigenvalue weighted by atomic mass is 10.0. The van der Waals surface area contributed by atoms with Crippen LogP contribution < -0.4 is 26.0 Å². The number of amides is 6. The minimum atomic E-state index is -1.10. The van der Waals surface area contributed by atoms with Crippen molar-refractivity contribution in [3.63, 3.8) is 0 Å². The Bertz CT molecular complexity index is 2320. The van der Waals surface area contributed by atoms with E-state index in [1.54, 1.807) is 24.3 Å². The molecule has 18 nitrogen and oxygen atoms in total. The SMILES string of the molecule is Cc1ccc(Nc2cc(-c3cccc(C(=O)NCC(=O)NCCCOCCOCCOCCCCC(=O)COc4cccc5c4C(=O)N(C4CCC(=O)NC4=O)C5=O)c3)ncn2)cc1. The first-order valence-electron chi connectivity index (χ1n) is 21.1. The summed E-state index contributed by atoms with van der Waals surface area (Å²) in [5.74, 6) is -2.70. The number of Topliss-reactive ketones (excluding diaryl/α,β-unsaturated/α-hetero) is 1. The maximum absolute atomic E-state index is 13.2. The zero-order chi connectivity index (χ0) is 45.3. The van der Waals surface area contributed by atoms with E-state index in [4.69, 9.17) is 18.9 Å². The highest BCUT2D eigenvalue weighted by atomic mass is 16.5. The number of ketones is 1. The average Bonchev–Trinajstić information content (AvgIpc) is 3.55. The average molecular weight is 878 g/mol. The molecule has 4 N–H and O–H groups in total. The maximum atomic E-state index is 13.2. The van der Waals surface area contributed by atoms with Crippen LogP contribution in [0.15, 0.2) is 79.1 Å². The normalized spacial score (nSPS) is 14.5. The molecule has 6 rings (SSSR count). The van der Waals surface area contributed by atoms with Crippen LogP contribution in [0.4, 0.5) is 11.5 Å². The number of benzene rings is 3. The summed E-state index contributed by atoms with van der Waals surface area (Å²) in [4.78, 5) is 97.2. The number of carbonyl (C=O) groups excluding carboxylic acids is 7. The molecule has 3 heterocycles. The quantitative estimate of drug-likeness (QED) is 0.0550. The number of nitrogens with one attached hydrogen (secondary N) is 4. The molecule has 1 unspecified atom stereocenters. The molecule has 0 bridgehead atoms. The van der Waals surface area contributed by atoms with Gasteiger partial charge in [-0.25, -0.2) is 9.97 Å². The minimum Gasteiger partial charge on any atom is -0.485 e. The third-order valence-electron chi connectivity index (χ3n) is 10.2. The van der Waals surface area contributed by atoms with Gasteiger partial charge in [-0.2, -0.15) is 0 Å². The summed E-state index contributed by atoms with van der Waals surface area (Å²) in [5, 5.41) is 10.8. The van der Waals surface area contributed by atoms with Crippen molar-refractivity contribution in [1.29, 1.82) is 0 Å². The van der Waals surface area contributed by atoms with Gasteiger partial charge in [0.15, 0.2) is 5.78 Å². The molecule has 2 aliphatic rings. The van der Waals surface area contributed by atoms with Crippen molar-refractivity contribution in [1.82, 2.24) is 30.8 Å². The molecule has 0 radical (unpaired) electrons. The van der Waals surface area contributed by atoms with E-state index in [0.717, 1.165) is 21.7 Å². The van der Waals surface area contributed by atoms with Gasteiger partial charge in [0, 0.05) is 55.5 Å². The van der Waals surface area contributed by atoms with Crippen LogP contribution in [0.2, 0.25) is 0 Å². The zero-order valence-corrected chi connectivity index (χ0v) is 35.5. The lowest BCUT2D eigenvalue weighted by Crippen LogP contribution is -2.54. The first-order valence-corrected chi connectivity index (χ1v) is 21.1. The Hall–Kier alpha value is -6.89. The van der Waals surface area contributed by atoms with Crippen molar-refractivity contribution < 1.29 is 52.5 Å². The Morgan fingerprint density at radius 3 is 2.30 bits per heavy atom. The van der Waals surface area contributed by atoms with Crippen molar-refractivity contribution in [2.24, 2.45) is 0 Å². The molecule has 2 aliphatic heterocycles. The van der Waals surface area contributed by atoms with Gasteiger partial charge >= 0.3 is 0 Å². The molecule has 18 heteroatoms. The second-order valence-corrected chi connectivity index (χ2v) is 15.0. The Kier molecular flexibility index (Phi) is 17.1. The lowest BCUT2D eigenvalue weighted by molar-refractivity contribution is -0.136. The number of hydrogen-bond acceptors (Lipinski definition) is 14. The molecule has 6 amide bonds. The van der Waals surface area contributed by atoms with Crippen molar-refractivity contribution in [2.75, 3.05) is 64.7 Å². The maximum Gasteiger partial charge on any atom is 0.266 e. The number of fused-ring (bicyclic) bond motifs is 1. The number of ether oxygens (including phenoxy) is 4. The fourth-order valence-corrected chi connectivity index (χ4v) is 6.82. The first-order chi connectivity index (χ1) is 31.1. The highest BCUT2D eigenvalue weighted by Crippen LogP contribution is 2.33. The molecule has 1 aromatic heterocycles. The van der Waals surface area contributed by atoms with Gasteiger partial charge in [0.1, 0.15) is 30.5 Å². The predicted molar refractivity (Wildman–Crippen MR) is 232 cm³/mol. The number of imide groups is 2. The number of rotatable bonds is 25. The Morgan fingerprint density at radius 1 is 0.797 bits per heavy atom. The van der Waals surface area contributed by atoms with Crippen LogP contribution >= 0.6 is 0 Å². The van der Waals surface area contributed by atoms with Gasteiger partial charge in [0.2, 0.25) is 17.7 Å². The van der Waals surface area contributed by atoms with Crippen LogP contribution in [-0.2, 0) is 33.4 Å². The molecule has 0 aliphatic carbocycles. The van der Waals surface area contributed by atoms with Gasteiger partial charge in [0.05, 0.1) is 49.8 Å². The highest BCUT2D eigenvalue weighted by molar-refractivity contribution is 6.24. The van der Waals surface area contributed by atoms with Crippen LogP contribution in [0.3, 0.4) is 0 Å². The van der Waals surface area contributed by atoms with E-state index in [0.29, 0.717) is 82.5 Å². The van der Waals surface area contributed by atoms with Crippen molar-refractivity contribution in [2.45, 2.75) is 51.5 Å². The summed E-state index contributed by atoms with van der Waals surface area (Å²) < 4.78 is 22.3. The number of unbranched alkanes of at least 4 members (excludes halogenated alkanes) is 1. The molecule has 64 heavy (non-hydrogen) atoms. The number of aryl methyl sites for hydroxylation is 1. The molecule has 3 aromatic carbocycles. The van der Waals surface area contributed by atoms with Crippen molar-refractivity contribution in [3.8, 4) is 17.0 Å². The van der Waals surface area contributed by atoms with Gasteiger partial charge in [-0.1, -0.05) is 35.9 Å². The van der Waals surface area contributed by atoms with Gasteiger partial charge in [-0.15, -0.1) is 0 Å². The number of anilines is 2. The van der Waals surface area contributed by atoms with Gasteiger partial charge in [-0.3, -0.25) is 43.8 Å². The van der Waals surface area contributed by atoms with Crippen LogP contribution in [0.1, 0.15) is 75.2 Å². The molecule has 336 valence electrons. The number of nitrogens with zero attached hydrogens (tertiary/aromatic N) is 3. The first kappa shape index (κ1) is 46.6. The second kappa shape index (κ2) is 23.5. The molecule has 1 fully saturated rings. The van der Waals surface area contributed by atoms with E-state index >= 15 is 0 Å². The molecular weight excluding hydrogens is 827 g/mol. The van der Waals surface area contributed by atoms with Crippen molar-refractivity contribution in [3.05, 3.63) is 101 Å². The summed E-state index contributed by atoms with van der Waals surface area (Å²) in [6.07, 6.45) is 3.53. The van der Waals surface area contributed by atoms with Gasteiger partial charge in [-0.05, 0) is 69.0 Å². The van der Waals surface area contributed by atoms with Gasteiger partial charge in [0.25, 0.3) is 17.7 Å². The summed E-state index contributed by atoms with van der Waals surface area (Å²) >= 11 is 0. The molecule has 4 aromatic rings. The molecule has 1 saturated heterocycles. The second-order valence-electron chi connectivity index (χ2n) is 15.0. The molecular formula is C46H51N7O11. The predicted octanol–water partition coefficient (Wildman–Crippen LogP) is 3.70. The van der Waals surface area contributed by atoms with E-state index in [1.807, 2.05) is 37.3 Å². The minimum absolute atomic E-state index is 0.00390. The summed E-state index contributed by atoms with van der Waals surface area (Å²) in [6.45, 7) is 4.30. The fourth-order valence-electron chi connectivity index (χ4n) is 6.82. The topological polar surface area (TPSA) is 234 Å². The van der Waals surface area contributed by atoms with E-state index < -0.39 is 29.7 Å². The Labute approximate surface area is 369 Å². The summed E-state index contributed by atoms with van der Waals surface area (Å²) in [7, 11) is 0. The number of piperidine rings is 1.